The van der Waals surface area contributed by atoms with Crippen LogP contribution in [0.3, 0.4) is 0 Å². The average Bonchev–Trinajstić information content (AvgIpc) is 2.96. The van der Waals surface area contributed by atoms with Crippen LogP contribution in [0.5, 0.6) is 5.75 Å². The van der Waals surface area contributed by atoms with Gasteiger partial charge in [-0.05, 0) is 50.3 Å². The van der Waals surface area contributed by atoms with E-state index in [-0.39, 0.29) is 23.8 Å². The number of aromatic nitrogens is 1. The van der Waals surface area contributed by atoms with Crippen LogP contribution >= 0.6 is 11.3 Å². The van der Waals surface area contributed by atoms with Crippen molar-refractivity contribution in [3.8, 4) is 5.75 Å². The molecule has 7 nitrogen and oxygen atoms in total. The lowest BCUT2D eigenvalue weighted by Gasteiger charge is -2.11. The maximum absolute atomic E-state index is 12.4. The molecule has 3 rings (SSSR count). The second-order valence-corrected chi connectivity index (χ2v) is 7.17. The van der Waals surface area contributed by atoms with Gasteiger partial charge < -0.3 is 20.4 Å². The van der Waals surface area contributed by atoms with Crippen LogP contribution in [0.2, 0.25) is 0 Å². The van der Waals surface area contributed by atoms with Crippen LogP contribution in [0, 0.1) is 0 Å². The first-order chi connectivity index (χ1) is 12.5. The quantitative estimate of drug-likeness (QED) is 0.805. The van der Waals surface area contributed by atoms with E-state index in [1.807, 2.05) is 0 Å². The molecule has 0 bridgehead atoms. The lowest BCUT2D eigenvalue weighted by molar-refractivity contribution is -0.116. The van der Waals surface area contributed by atoms with E-state index in [1.54, 1.807) is 19.1 Å². The van der Waals surface area contributed by atoms with Gasteiger partial charge in [0.05, 0.1) is 12.2 Å². The molecule has 26 heavy (non-hydrogen) atoms. The van der Waals surface area contributed by atoms with Gasteiger partial charge in [0.1, 0.15) is 11.5 Å². The number of primary amides is 1. The lowest BCUT2D eigenvalue weighted by Crippen LogP contribution is -2.28. The van der Waals surface area contributed by atoms with Gasteiger partial charge in [-0.3, -0.25) is 14.4 Å². The Morgan fingerprint density at radius 1 is 1.35 bits per heavy atom. The van der Waals surface area contributed by atoms with Crippen molar-refractivity contribution < 1.29 is 14.3 Å². The predicted molar refractivity (Wildman–Crippen MR) is 100.0 cm³/mol. The van der Waals surface area contributed by atoms with Crippen molar-refractivity contribution in [3.05, 3.63) is 44.7 Å². The van der Waals surface area contributed by atoms with Crippen molar-refractivity contribution in [1.29, 1.82) is 0 Å². The van der Waals surface area contributed by atoms with E-state index in [4.69, 9.17) is 10.5 Å². The van der Waals surface area contributed by atoms with E-state index in [0.717, 1.165) is 36.1 Å². The smallest absolute Gasteiger partial charge is 0.293 e. The number of anilines is 1. The van der Waals surface area contributed by atoms with Crippen molar-refractivity contribution >= 4 is 28.2 Å². The van der Waals surface area contributed by atoms with Crippen molar-refractivity contribution in [3.63, 3.8) is 0 Å². The van der Waals surface area contributed by atoms with Gasteiger partial charge in [0.2, 0.25) is 5.91 Å². The zero-order valence-electron chi connectivity index (χ0n) is 14.5. The van der Waals surface area contributed by atoms with Gasteiger partial charge in [-0.1, -0.05) is 0 Å². The topological polar surface area (TPSA) is 103 Å². The van der Waals surface area contributed by atoms with E-state index in [9.17, 15) is 14.4 Å². The Balaban J connectivity index is 1.81. The number of amides is 2. The number of hydrogen-bond donors (Lipinski definition) is 2. The fourth-order valence-corrected chi connectivity index (χ4v) is 4.45. The third kappa shape index (κ3) is 3.65. The summed E-state index contributed by atoms with van der Waals surface area (Å²) in [6.45, 7) is 1.99. The molecule has 0 unspecified atom stereocenters. The Bertz CT molecular complexity index is 900. The summed E-state index contributed by atoms with van der Waals surface area (Å²) in [5.41, 5.74) is 6.53. The normalized spacial score (nSPS) is 13.1. The molecule has 0 aliphatic heterocycles. The number of thiophene rings is 1. The summed E-state index contributed by atoms with van der Waals surface area (Å²) in [5, 5.41) is 3.23. The van der Waals surface area contributed by atoms with Gasteiger partial charge in [-0.2, -0.15) is 0 Å². The summed E-state index contributed by atoms with van der Waals surface area (Å²) in [5.74, 6) is -0.718. The molecule has 2 amide bonds. The van der Waals surface area contributed by atoms with Crippen LogP contribution in [0.1, 0.15) is 40.6 Å². The first-order valence-corrected chi connectivity index (χ1v) is 9.39. The van der Waals surface area contributed by atoms with Crippen molar-refractivity contribution in [2.45, 2.75) is 39.2 Å². The number of ether oxygens (including phenoxy) is 1. The van der Waals surface area contributed by atoms with E-state index in [1.165, 1.54) is 22.1 Å². The van der Waals surface area contributed by atoms with Crippen molar-refractivity contribution in [1.82, 2.24) is 4.57 Å². The first kappa shape index (κ1) is 18.2. The van der Waals surface area contributed by atoms with Crippen LogP contribution in [0.15, 0.2) is 23.1 Å². The summed E-state index contributed by atoms with van der Waals surface area (Å²) in [7, 11) is 0. The van der Waals surface area contributed by atoms with Crippen molar-refractivity contribution in [2.75, 3.05) is 11.9 Å². The number of carbonyl (C=O) groups excluding carboxylic acids is 2. The van der Waals surface area contributed by atoms with Gasteiger partial charge in [-0.25, -0.2) is 0 Å². The largest absolute Gasteiger partial charge is 0.488 e. The molecular formula is C18H21N3O4S. The third-order valence-electron chi connectivity index (χ3n) is 4.27. The highest BCUT2D eigenvalue weighted by molar-refractivity contribution is 7.17. The van der Waals surface area contributed by atoms with E-state index < -0.39 is 5.91 Å². The first-order valence-electron chi connectivity index (χ1n) is 8.57. The molecule has 0 saturated carbocycles. The molecule has 1 aliphatic rings. The molecule has 3 N–H and O–H groups in total. The van der Waals surface area contributed by atoms with Crippen LogP contribution in [-0.2, 0) is 24.2 Å². The number of carbonyl (C=O) groups is 2. The molecule has 1 aliphatic carbocycles. The minimum Gasteiger partial charge on any atom is -0.488 e. The number of nitrogens with two attached hydrogens (primary N) is 1. The number of aryl methyl sites for hydroxylation is 1. The highest BCUT2D eigenvalue weighted by Gasteiger charge is 2.25. The van der Waals surface area contributed by atoms with Crippen LogP contribution in [0.4, 0.5) is 5.00 Å². The second-order valence-electron chi connectivity index (χ2n) is 6.07. The third-order valence-corrected chi connectivity index (χ3v) is 5.48. The van der Waals surface area contributed by atoms with Gasteiger partial charge in [0.25, 0.3) is 11.5 Å². The summed E-state index contributed by atoms with van der Waals surface area (Å²) in [6.07, 6.45) is 5.30. The Labute approximate surface area is 154 Å². The fraction of sp³-hybridized carbons (Fsp3) is 0.389. The summed E-state index contributed by atoms with van der Waals surface area (Å²) in [4.78, 5) is 37.7. The van der Waals surface area contributed by atoms with E-state index in [0.29, 0.717) is 17.2 Å². The number of rotatable bonds is 6. The van der Waals surface area contributed by atoms with Crippen LogP contribution < -0.4 is 21.3 Å². The molecule has 0 atom stereocenters. The number of hydrogen-bond acceptors (Lipinski definition) is 5. The van der Waals surface area contributed by atoms with Crippen LogP contribution in [0.25, 0.3) is 0 Å². The maximum atomic E-state index is 12.4. The SMILES string of the molecule is CCOc1cccn(CC(=O)Nc2sc3c(c2C(N)=O)CCCC3)c1=O. The summed E-state index contributed by atoms with van der Waals surface area (Å²) in [6, 6.07) is 3.22. The molecule has 2 heterocycles. The Morgan fingerprint density at radius 3 is 2.85 bits per heavy atom. The second kappa shape index (κ2) is 7.74. The van der Waals surface area contributed by atoms with Gasteiger partial charge in [-0.15, -0.1) is 11.3 Å². The number of nitrogens with one attached hydrogen (secondary N) is 1. The molecule has 2 aromatic heterocycles. The molecule has 0 fully saturated rings. The predicted octanol–water partition coefficient (Wildman–Crippen LogP) is 1.92. The molecule has 0 radical (unpaired) electrons. The highest BCUT2D eigenvalue weighted by Crippen LogP contribution is 2.37. The lowest BCUT2D eigenvalue weighted by atomic mass is 9.95. The van der Waals surface area contributed by atoms with Gasteiger partial charge in [0.15, 0.2) is 5.75 Å². The standard InChI is InChI=1S/C18H21N3O4S/c1-2-25-12-7-5-9-21(18(12)24)10-14(22)20-17-15(16(19)23)11-6-3-4-8-13(11)26-17/h5,7,9H,2-4,6,8,10H2,1H3,(H2,19,23)(H,20,22). The summed E-state index contributed by atoms with van der Waals surface area (Å²) >= 11 is 1.40. The molecule has 8 heteroatoms. The summed E-state index contributed by atoms with van der Waals surface area (Å²) < 4.78 is 6.53. The Kier molecular flexibility index (Phi) is 5.41. The fourth-order valence-electron chi connectivity index (χ4n) is 3.14. The van der Waals surface area contributed by atoms with Crippen LogP contribution in [-0.4, -0.2) is 23.0 Å². The molecule has 138 valence electrons. The van der Waals surface area contributed by atoms with E-state index in [2.05, 4.69) is 5.32 Å². The minimum absolute atomic E-state index is 0.166. The molecule has 0 saturated heterocycles. The van der Waals surface area contributed by atoms with Gasteiger partial charge >= 0.3 is 0 Å². The van der Waals surface area contributed by atoms with Crippen molar-refractivity contribution in [2.24, 2.45) is 5.73 Å². The Hall–Kier alpha value is -2.61. The highest BCUT2D eigenvalue weighted by atomic mass is 32.1. The molecule has 0 spiro atoms. The molecule has 2 aromatic rings. The number of nitrogens with zero attached hydrogens (tertiary/aromatic N) is 1. The molecular weight excluding hydrogens is 354 g/mol. The average molecular weight is 375 g/mol. The Morgan fingerprint density at radius 2 is 2.12 bits per heavy atom. The molecule has 0 aromatic carbocycles. The maximum Gasteiger partial charge on any atom is 0.293 e. The van der Waals surface area contributed by atoms with E-state index >= 15 is 0 Å². The zero-order valence-corrected chi connectivity index (χ0v) is 15.4. The van der Waals surface area contributed by atoms with Gasteiger partial charge in [0, 0.05) is 11.1 Å². The minimum atomic E-state index is -0.532. The number of fused-ring (bicyclic) bond motifs is 1. The monoisotopic (exact) mass is 375 g/mol. The zero-order chi connectivity index (χ0) is 18.7. The number of pyridine rings is 1.